The molecule has 1 unspecified atom stereocenters. The molecule has 0 bridgehead atoms. The highest BCUT2D eigenvalue weighted by Crippen LogP contribution is 1.87. The van der Waals surface area contributed by atoms with Gasteiger partial charge in [0.05, 0.1) is 6.04 Å². The standard InChI is InChI=1S/C6H15N.H2/c1-4-5-6(2)7-3;/h6H,3-5,7H2,1-2H3;1H. The number of nitrogens with two attached hydrogens (primary N) is 1. The summed E-state index contributed by atoms with van der Waals surface area (Å²) < 4.78 is 0. The summed E-state index contributed by atoms with van der Waals surface area (Å²) in [7, 11) is 3.68. The Hall–Kier alpha value is -0.0400. The molecule has 0 aliphatic carbocycles. The van der Waals surface area contributed by atoms with Crippen molar-refractivity contribution in [2.45, 2.75) is 32.7 Å². The van der Waals surface area contributed by atoms with E-state index in [0.717, 1.165) is 0 Å². The maximum atomic E-state index is 3.68. The molecule has 0 aromatic heterocycles. The van der Waals surface area contributed by atoms with Crippen molar-refractivity contribution in [2.75, 3.05) is 0 Å². The van der Waals surface area contributed by atoms with Gasteiger partial charge in [-0.05, 0) is 13.3 Å². The lowest BCUT2D eigenvalue weighted by molar-refractivity contribution is -0.630. The van der Waals surface area contributed by atoms with Crippen LogP contribution in [0.1, 0.15) is 28.1 Å². The lowest BCUT2D eigenvalue weighted by Gasteiger charge is -2.07. The zero-order valence-electron chi connectivity index (χ0n) is 5.28. The van der Waals surface area contributed by atoms with Gasteiger partial charge in [-0.15, -0.1) is 0 Å². The van der Waals surface area contributed by atoms with Crippen molar-refractivity contribution in [3.8, 4) is 0 Å². The molecule has 1 atom stereocenters. The molecule has 0 saturated heterocycles. The smallest absolute Gasteiger partial charge is 0.0591 e. The Kier molecular flexibility index (Phi) is 4.10. The van der Waals surface area contributed by atoms with Crippen molar-refractivity contribution in [2.24, 2.45) is 0 Å². The van der Waals surface area contributed by atoms with E-state index < -0.39 is 0 Å². The van der Waals surface area contributed by atoms with Gasteiger partial charge in [-0.2, -0.15) is 7.05 Å². The van der Waals surface area contributed by atoms with E-state index in [4.69, 9.17) is 0 Å². The van der Waals surface area contributed by atoms with Crippen LogP contribution in [0.15, 0.2) is 0 Å². The molecule has 0 aliphatic rings. The van der Waals surface area contributed by atoms with Gasteiger partial charge in [-0.3, -0.25) is 0 Å². The summed E-state index contributed by atoms with van der Waals surface area (Å²) in [6.45, 7) is 4.39. The molecule has 0 saturated carbocycles. The lowest BCUT2D eigenvalue weighted by Crippen LogP contribution is -2.82. The first-order valence-electron chi connectivity index (χ1n) is 2.93. The zero-order chi connectivity index (χ0) is 5.70. The Bertz CT molecular complexity index is 39.5. The van der Waals surface area contributed by atoms with Crippen molar-refractivity contribution >= 4 is 0 Å². The van der Waals surface area contributed by atoms with E-state index in [-0.39, 0.29) is 1.43 Å². The van der Waals surface area contributed by atoms with Gasteiger partial charge in [0, 0.05) is 1.43 Å². The van der Waals surface area contributed by atoms with Crippen LogP contribution in [0.25, 0.3) is 0 Å². The normalized spacial score (nSPS) is 14.1. The Morgan fingerprint density at radius 2 is 2.43 bits per heavy atom. The molecule has 0 rings (SSSR count). The van der Waals surface area contributed by atoms with Crippen molar-refractivity contribution in [1.29, 1.82) is 0 Å². The van der Waals surface area contributed by atoms with Gasteiger partial charge in [-0.25, -0.2) is 0 Å². The fourth-order valence-electron chi connectivity index (χ4n) is 0.573. The van der Waals surface area contributed by atoms with Crippen LogP contribution in [0.5, 0.6) is 0 Å². The fourth-order valence-corrected chi connectivity index (χ4v) is 0.573. The second-order valence-corrected chi connectivity index (χ2v) is 2.00. The van der Waals surface area contributed by atoms with Crippen molar-refractivity contribution in [3.63, 3.8) is 0 Å². The van der Waals surface area contributed by atoms with Gasteiger partial charge in [-0.1, -0.05) is 13.3 Å². The third-order valence-corrected chi connectivity index (χ3v) is 1.15. The molecule has 0 fully saturated rings. The molecule has 0 radical (unpaired) electrons. The maximum absolute atomic E-state index is 3.68. The molecule has 46 valence electrons. The largest absolute Gasteiger partial charge is 0.477 e. The fraction of sp³-hybridized carbons (Fsp3) is 0.833. The zero-order valence-corrected chi connectivity index (χ0v) is 5.28. The highest BCUT2D eigenvalue weighted by Gasteiger charge is 1.92. The molecule has 0 aromatic rings. The third-order valence-electron chi connectivity index (χ3n) is 1.15. The molecule has 0 amide bonds. The number of hydrogen-bond donors (Lipinski definition) is 1. The van der Waals surface area contributed by atoms with Crippen molar-refractivity contribution in [3.05, 3.63) is 7.05 Å². The topological polar surface area (TPSA) is 16.6 Å². The monoisotopic (exact) mass is 103 g/mol. The number of quaternary nitrogens is 1. The molecule has 7 heavy (non-hydrogen) atoms. The van der Waals surface area contributed by atoms with E-state index >= 15 is 0 Å². The van der Waals surface area contributed by atoms with Crippen LogP contribution in [-0.4, -0.2) is 6.04 Å². The SMILES string of the molecule is [CH2-][NH2+]C(C)CCC.[HH]. The van der Waals surface area contributed by atoms with Crippen LogP contribution in [0, 0.1) is 7.05 Å². The van der Waals surface area contributed by atoms with Crippen LogP contribution in [0.2, 0.25) is 0 Å². The summed E-state index contributed by atoms with van der Waals surface area (Å²) >= 11 is 0. The second-order valence-electron chi connectivity index (χ2n) is 2.00. The van der Waals surface area contributed by atoms with E-state index in [0.29, 0.717) is 6.04 Å². The first kappa shape index (κ1) is 6.96. The van der Waals surface area contributed by atoms with Gasteiger partial charge in [0.1, 0.15) is 0 Å². The Labute approximate surface area is 47.6 Å². The summed E-state index contributed by atoms with van der Waals surface area (Å²) in [6, 6.07) is 0.713. The predicted molar refractivity (Wildman–Crippen MR) is 33.8 cm³/mol. The van der Waals surface area contributed by atoms with Gasteiger partial charge < -0.3 is 5.32 Å². The summed E-state index contributed by atoms with van der Waals surface area (Å²) in [5.74, 6) is 0. The molecule has 1 heteroatoms. The summed E-state index contributed by atoms with van der Waals surface area (Å²) in [5.41, 5.74) is 0. The van der Waals surface area contributed by atoms with Crippen LogP contribution in [-0.2, 0) is 0 Å². The minimum atomic E-state index is 0. The second kappa shape index (κ2) is 4.13. The Morgan fingerprint density at radius 3 is 2.57 bits per heavy atom. The highest BCUT2D eigenvalue weighted by molar-refractivity contribution is 4.40. The lowest BCUT2D eigenvalue weighted by atomic mass is 10.2. The van der Waals surface area contributed by atoms with Crippen molar-refractivity contribution < 1.29 is 6.74 Å². The number of hydrogen-bond acceptors (Lipinski definition) is 0. The molecule has 0 spiro atoms. The quantitative estimate of drug-likeness (QED) is 0.508. The molecule has 1 nitrogen and oxygen atoms in total. The average Bonchev–Trinajstić information content (AvgIpc) is 1.68. The van der Waals surface area contributed by atoms with Crippen LogP contribution in [0.3, 0.4) is 0 Å². The molecular weight excluding hydrogens is 86.1 g/mol. The molecular formula is C6H17N. The Balaban J connectivity index is 0. The minimum absolute atomic E-state index is 0. The summed E-state index contributed by atoms with van der Waals surface area (Å²) in [6.07, 6.45) is 2.55. The van der Waals surface area contributed by atoms with E-state index in [9.17, 15) is 0 Å². The predicted octanol–water partition coefficient (Wildman–Crippen LogP) is 0.776. The van der Waals surface area contributed by atoms with Gasteiger partial charge in [0.15, 0.2) is 0 Å². The van der Waals surface area contributed by atoms with Crippen molar-refractivity contribution in [1.82, 2.24) is 0 Å². The van der Waals surface area contributed by atoms with Crippen LogP contribution in [0.4, 0.5) is 0 Å². The van der Waals surface area contributed by atoms with E-state index in [1.54, 1.807) is 0 Å². The first-order chi connectivity index (χ1) is 3.31. The van der Waals surface area contributed by atoms with Gasteiger partial charge in [0.2, 0.25) is 0 Å². The minimum Gasteiger partial charge on any atom is -0.477 e. The Morgan fingerprint density at radius 1 is 1.86 bits per heavy atom. The van der Waals surface area contributed by atoms with E-state index in [1.807, 2.05) is 5.32 Å². The number of rotatable bonds is 3. The van der Waals surface area contributed by atoms with Crippen LogP contribution >= 0.6 is 0 Å². The van der Waals surface area contributed by atoms with Gasteiger partial charge >= 0.3 is 0 Å². The van der Waals surface area contributed by atoms with E-state index in [2.05, 4.69) is 20.9 Å². The molecule has 0 aromatic carbocycles. The van der Waals surface area contributed by atoms with E-state index in [1.165, 1.54) is 12.8 Å². The average molecular weight is 103 g/mol. The third kappa shape index (κ3) is 3.80. The van der Waals surface area contributed by atoms with Crippen LogP contribution < -0.4 is 5.32 Å². The highest BCUT2D eigenvalue weighted by atomic mass is 14.8. The maximum Gasteiger partial charge on any atom is 0.0591 e. The molecule has 0 aliphatic heterocycles. The van der Waals surface area contributed by atoms with Gasteiger partial charge in [0.25, 0.3) is 0 Å². The first-order valence-corrected chi connectivity index (χ1v) is 2.93. The summed E-state index contributed by atoms with van der Waals surface area (Å²) in [4.78, 5) is 0. The molecule has 0 heterocycles. The molecule has 2 N–H and O–H groups in total. The summed E-state index contributed by atoms with van der Waals surface area (Å²) in [5, 5.41) is 2.00.